The van der Waals surface area contributed by atoms with Gasteiger partial charge in [0.1, 0.15) is 11.6 Å². The molecule has 0 saturated heterocycles. The Kier molecular flexibility index (Phi) is 4.64. The molecule has 1 atom stereocenters. The Bertz CT molecular complexity index is 735. The van der Waals surface area contributed by atoms with Crippen LogP contribution in [0.25, 0.3) is 11.1 Å². The average molecular weight is 328 g/mol. The molecule has 0 aromatic heterocycles. The van der Waals surface area contributed by atoms with E-state index < -0.39 is 0 Å². The van der Waals surface area contributed by atoms with Gasteiger partial charge in [-0.1, -0.05) is 32.0 Å². The van der Waals surface area contributed by atoms with Crippen molar-refractivity contribution in [2.75, 3.05) is 14.2 Å². The van der Waals surface area contributed by atoms with Gasteiger partial charge in [-0.15, -0.1) is 0 Å². The van der Waals surface area contributed by atoms with Crippen molar-refractivity contribution in [2.24, 2.45) is 5.41 Å². The summed E-state index contributed by atoms with van der Waals surface area (Å²) in [6.07, 6.45) is 3.20. The van der Waals surface area contributed by atoms with Crippen molar-refractivity contribution in [3.05, 3.63) is 53.3 Å². The van der Waals surface area contributed by atoms with E-state index in [2.05, 4.69) is 26.0 Å². The molecule has 2 aromatic carbocycles. The summed E-state index contributed by atoms with van der Waals surface area (Å²) in [7, 11) is 3.35. The van der Waals surface area contributed by atoms with Gasteiger partial charge in [-0.3, -0.25) is 0 Å². The molecule has 3 rings (SSSR count). The van der Waals surface area contributed by atoms with Gasteiger partial charge in [0.05, 0.1) is 13.2 Å². The number of rotatable bonds is 6. The molecule has 2 aromatic rings. The second kappa shape index (κ2) is 6.56. The van der Waals surface area contributed by atoms with Crippen molar-refractivity contribution < 1.29 is 13.9 Å². The molecule has 24 heavy (non-hydrogen) atoms. The molecule has 1 aliphatic rings. The lowest BCUT2D eigenvalue weighted by molar-refractivity contribution is 0.0469. The standard InChI is InChI=1S/C21H25FO2/c1-5-14-6-8-16(17-13-15(23-3)7-9-19(17)22)18(12-14)20(24-4)21(2)10-11-21/h6-9,12-13,20H,5,10-11H2,1-4H3/t20-/m1/s1. The van der Waals surface area contributed by atoms with Gasteiger partial charge < -0.3 is 9.47 Å². The lowest BCUT2D eigenvalue weighted by Gasteiger charge is -2.26. The van der Waals surface area contributed by atoms with E-state index >= 15 is 0 Å². The predicted molar refractivity (Wildman–Crippen MR) is 94.9 cm³/mol. The maximum atomic E-state index is 14.5. The van der Waals surface area contributed by atoms with Gasteiger partial charge in [0.2, 0.25) is 0 Å². The van der Waals surface area contributed by atoms with E-state index in [0.717, 1.165) is 30.4 Å². The Morgan fingerprint density at radius 3 is 2.42 bits per heavy atom. The van der Waals surface area contributed by atoms with Gasteiger partial charge in [0.15, 0.2) is 0 Å². The molecule has 0 amide bonds. The first-order valence-corrected chi connectivity index (χ1v) is 8.52. The number of halogens is 1. The van der Waals surface area contributed by atoms with Crippen LogP contribution in [0.1, 0.15) is 43.9 Å². The van der Waals surface area contributed by atoms with Crippen LogP contribution in [0.15, 0.2) is 36.4 Å². The summed E-state index contributed by atoms with van der Waals surface area (Å²) in [6.45, 7) is 4.37. The minimum absolute atomic E-state index is 0.0235. The summed E-state index contributed by atoms with van der Waals surface area (Å²) in [6, 6.07) is 11.1. The van der Waals surface area contributed by atoms with Crippen molar-refractivity contribution >= 4 is 0 Å². The Hall–Kier alpha value is -1.87. The maximum Gasteiger partial charge on any atom is 0.131 e. The molecule has 1 fully saturated rings. The lowest BCUT2D eigenvalue weighted by atomic mass is 9.87. The first kappa shape index (κ1) is 17.0. The van der Waals surface area contributed by atoms with Gasteiger partial charge in [-0.2, -0.15) is 0 Å². The van der Waals surface area contributed by atoms with Crippen LogP contribution >= 0.6 is 0 Å². The summed E-state index contributed by atoms with van der Waals surface area (Å²) in [4.78, 5) is 0. The topological polar surface area (TPSA) is 18.5 Å². The third-order valence-electron chi connectivity index (χ3n) is 5.18. The average Bonchev–Trinajstić information content (AvgIpc) is 3.34. The van der Waals surface area contributed by atoms with Crippen LogP contribution in [-0.4, -0.2) is 14.2 Å². The van der Waals surface area contributed by atoms with E-state index in [1.807, 2.05) is 6.07 Å². The van der Waals surface area contributed by atoms with Crippen LogP contribution in [0, 0.1) is 11.2 Å². The molecule has 0 radical (unpaired) electrons. The molecular formula is C21H25FO2. The highest BCUT2D eigenvalue weighted by atomic mass is 19.1. The minimum Gasteiger partial charge on any atom is -0.497 e. The number of hydrogen-bond acceptors (Lipinski definition) is 2. The number of aryl methyl sites for hydroxylation is 1. The fourth-order valence-corrected chi connectivity index (χ4v) is 3.38. The fraction of sp³-hybridized carbons (Fsp3) is 0.429. The van der Waals surface area contributed by atoms with Crippen LogP contribution in [0.2, 0.25) is 0 Å². The molecule has 2 nitrogen and oxygen atoms in total. The van der Waals surface area contributed by atoms with Crippen molar-refractivity contribution in [3.8, 4) is 16.9 Å². The number of ether oxygens (including phenoxy) is 2. The SMILES string of the molecule is CCc1ccc(-c2cc(OC)ccc2F)c([C@@H](OC)C2(C)CC2)c1. The van der Waals surface area contributed by atoms with Crippen molar-refractivity contribution in [2.45, 2.75) is 39.2 Å². The van der Waals surface area contributed by atoms with Crippen LogP contribution in [0.4, 0.5) is 4.39 Å². The number of benzene rings is 2. The van der Waals surface area contributed by atoms with Crippen LogP contribution in [-0.2, 0) is 11.2 Å². The molecule has 0 aliphatic heterocycles. The Labute approximate surface area is 143 Å². The second-order valence-electron chi connectivity index (χ2n) is 6.89. The zero-order chi connectivity index (χ0) is 17.3. The molecule has 0 heterocycles. The maximum absolute atomic E-state index is 14.5. The quantitative estimate of drug-likeness (QED) is 0.692. The van der Waals surface area contributed by atoms with Crippen molar-refractivity contribution in [3.63, 3.8) is 0 Å². The normalized spacial score (nSPS) is 16.7. The van der Waals surface area contributed by atoms with Gasteiger partial charge in [-0.05, 0) is 59.6 Å². The number of hydrogen-bond donors (Lipinski definition) is 0. The Morgan fingerprint density at radius 1 is 1.08 bits per heavy atom. The van der Waals surface area contributed by atoms with Crippen molar-refractivity contribution in [1.29, 1.82) is 0 Å². The second-order valence-corrected chi connectivity index (χ2v) is 6.89. The van der Waals surface area contributed by atoms with Gasteiger partial charge in [-0.25, -0.2) is 4.39 Å². The monoisotopic (exact) mass is 328 g/mol. The third kappa shape index (κ3) is 3.05. The molecule has 1 saturated carbocycles. The molecule has 0 bridgehead atoms. The highest BCUT2D eigenvalue weighted by Crippen LogP contribution is 2.57. The zero-order valence-corrected chi connectivity index (χ0v) is 14.9. The third-order valence-corrected chi connectivity index (χ3v) is 5.18. The smallest absolute Gasteiger partial charge is 0.131 e. The molecule has 0 spiro atoms. The van der Waals surface area contributed by atoms with E-state index in [9.17, 15) is 4.39 Å². The van der Waals surface area contributed by atoms with Gasteiger partial charge in [0.25, 0.3) is 0 Å². The van der Waals surface area contributed by atoms with E-state index in [4.69, 9.17) is 9.47 Å². The largest absolute Gasteiger partial charge is 0.497 e. The van der Waals surface area contributed by atoms with Crippen LogP contribution < -0.4 is 4.74 Å². The first-order valence-electron chi connectivity index (χ1n) is 8.52. The van der Waals surface area contributed by atoms with Crippen molar-refractivity contribution in [1.82, 2.24) is 0 Å². The lowest BCUT2D eigenvalue weighted by Crippen LogP contribution is -2.14. The van der Waals surface area contributed by atoms with Gasteiger partial charge >= 0.3 is 0 Å². The fourth-order valence-electron chi connectivity index (χ4n) is 3.38. The summed E-state index contributed by atoms with van der Waals surface area (Å²) in [5.74, 6) is 0.417. The summed E-state index contributed by atoms with van der Waals surface area (Å²) < 4.78 is 25.7. The minimum atomic E-state index is -0.239. The molecular weight excluding hydrogens is 303 g/mol. The van der Waals surface area contributed by atoms with Gasteiger partial charge in [0, 0.05) is 12.7 Å². The molecule has 3 heteroatoms. The molecule has 0 N–H and O–H groups in total. The van der Waals surface area contributed by atoms with E-state index in [1.54, 1.807) is 26.4 Å². The first-order chi connectivity index (χ1) is 11.5. The highest BCUT2D eigenvalue weighted by Gasteiger charge is 2.46. The summed E-state index contributed by atoms with van der Waals surface area (Å²) in [5, 5.41) is 0. The predicted octanol–water partition coefficient (Wildman–Crippen LogP) is 5.55. The summed E-state index contributed by atoms with van der Waals surface area (Å²) in [5.41, 5.74) is 3.92. The molecule has 0 unspecified atom stereocenters. The van der Waals surface area contributed by atoms with Crippen LogP contribution in [0.5, 0.6) is 5.75 Å². The Morgan fingerprint density at radius 2 is 1.83 bits per heavy atom. The Balaban J connectivity index is 2.17. The van der Waals surface area contributed by atoms with E-state index in [1.165, 1.54) is 11.6 Å². The highest BCUT2D eigenvalue weighted by molar-refractivity contribution is 5.70. The number of methoxy groups -OCH3 is 2. The summed E-state index contributed by atoms with van der Waals surface area (Å²) >= 11 is 0. The van der Waals surface area contributed by atoms with E-state index in [0.29, 0.717) is 11.3 Å². The zero-order valence-electron chi connectivity index (χ0n) is 14.9. The molecule has 128 valence electrons. The molecule has 1 aliphatic carbocycles. The van der Waals surface area contributed by atoms with Crippen LogP contribution in [0.3, 0.4) is 0 Å². The van der Waals surface area contributed by atoms with E-state index in [-0.39, 0.29) is 17.3 Å².